The quantitative estimate of drug-likeness (QED) is 0.646. The molecule has 1 aromatic rings. The van der Waals surface area contributed by atoms with Crippen molar-refractivity contribution in [2.45, 2.75) is 6.42 Å². The molecule has 0 aliphatic carbocycles. The van der Waals surface area contributed by atoms with Crippen LogP contribution in [0.15, 0.2) is 35.9 Å². The molecule has 0 fully saturated rings. The molecule has 2 rings (SSSR count). The minimum absolute atomic E-state index is 0.0700. The van der Waals surface area contributed by atoms with Gasteiger partial charge in [0, 0.05) is 29.8 Å². The second-order valence-electron chi connectivity index (χ2n) is 4.39. The van der Waals surface area contributed by atoms with Crippen molar-refractivity contribution >= 4 is 23.6 Å². The van der Waals surface area contributed by atoms with Gasteiger partial charge in [-0.05, 0) is 36.3 Å². The van der Waals surface area contributed by atoms with Crippen LogP contribution < -0.4 is 10.1 Å². The molecule has 1 heterocycles. The lowest BCUT2D eigenvalue weighted by atomic mass is 10.1. The van der Waals surface area contributed by atoms with Gasteiger partial charge in [0.25, 0.3) is 0 Å². The zero-order valence-corrected chi connectivity index (χ0v) is 11.7. The highest BCUT2D eigenvalue weighted by Gasteiger charge is 2.10. The Kier molecular flexibility index (Phi) is 5.21. The number of halogens is 1. The molecule has 0 atom stereocenters. The molecule has 1 aliphatic rings. The van der Waals surface area contributed by atoms with Crippen LogP contribution in [0.4, 0.5) is 0 Å². The van der Waals surface area contributed by atoms with Gasteiger partial charge in [0.1, 0.15) is 12.4 Å². The zero-order chi connectivity index (χ0) is 14.4. The summed E-state index contributed by atoms with van der Waals surface area (Å²) < 4.78 is 5.58. The number of fused-ring (bicyclic) bond motifs is 1. The molecule has 0 aromatic heterocycles. The first kappa shape index (κ1) is 14.6. The molecule has 106 valence electrons. The molecule has 1 aliphatic heterocycles. The maximum atomic E-state index is 11.5. The summed E-state index contributed by atoms with van der Waals surface area (Å²) >= 11 is 5.94. The summed E-state index contributed by atoms with van der Waals surface area (Å²) in [6.07, 6.45) is 5.68. The number of hydrogen-bond acceptors (Lipinski definition) is 3. The Morgan fingerprint density at radius 2 is 2.35 bits per heavy atom. The van der Waals surface area contributed by atoms with E-state index in [1.165, 1.54) is 6.08 Å². The Hall–Kier alpha value is -1.78. The van der Waals surface area contributed by atoms with Crippen molar-refractivity contribution in [1.29, 1.82) is 0 Å². The average Bonchev–Trinajstić information content (AvgIpc) is 2.45. The fourth-order valence-electron chi connectivity index (χ4n) is 1.79. The number of hydrogen-bond donors (Lipinski definition) is 2. The van der Waals surface area contributed by atoms with E-state index in [1.54, 1.807) is 12.1 Å². The predicted octanol–water partition coefficient (Wildman–Crippen LogP) is 2.17. The topological polar surface area (TPSA) is 58.6 Å². The van der Waals surface area contributed by atoms with Gasteiger partial charge in [-0.2, -0.15) is 0 Å². The smallest absolute Gasteiger partial charge is 0.243 e. The SMILES string of the molecule is O=C(/C=C/C1=Cc2cc(Cl)ccc2OC1)NCCCO. The van der Waals surface area contributed by atoms with Crippen molar-refractivity contribution < 1.29 is 14.6 Å². The van der Waals surface area contributed by atoms with Gasteiger partial charge >= 0.3 is 0 Å². The standard InChI is InChI=1S/C15H16ClNO3/c16-13-3-4-14-12(9-13)8-11(10-20-14)2-5-15(19)17-6-1-7-18/h2-5,8-9,18H,1,6-7,10H2,(H,17,19)/b5-2+. The Balaban J connectivity index is 1.98. The summed E-state index contributed by atoms with van der Waals surface area (Å²) in [6.45, 7) is 0.962. The van der Waals surface area contributed by atoms with E-state index in [0.717, 1.165) is 16.9 Å². The van der Waals surface area contributed by atoms with Gasteiger partial charge in [-0.1, -0.05) is 17.7 Å². The minimum Gasteiger partial charge on any atom is -0.488 e. The maximum absolute atomic E-state index is 11.5. The summed E-state index contributed by atoms with van der Waals surface area (Å²) in [6, 6.07) is 5.44. The second kappa shape index (κ2) is 7.12. The number of benzene rings is 1. The summed E-state index contributed by atoms with van der Waals surface area (Å²) in [5, 5.41) is 11.9. The molecular weight excluding hydrogens is 278 g/mol. The number of aliphatic hydroxyl groups excluding tert-OH is 1. The van der Waals surface area contributed by atoms with Gasteiger partial charge in [0.15, 0.2) is 0 Å². The normalized spacial score (nSPS) is 13.6. The summed E-state index contributed by atoms with van der Waals surface area (Å²) in [5.41, 5.74) is 1.81. The van der Waals surface area contributed by atoms with Crippen LogP contribution in [0.2, 0.25) is 5.02 Å². The van der Waals surface area contributed by atoms with E-state index < -0.39 is 0 Å². The molecule has 0 unspecified atom stereocenters. The number of nitrogens with one attached hydrogen (secondary N) is 1. The van der Waals surface area contributed by atoms with Gasteiger partial charge in [-0.15, -0.1) is 0 Å². The molecule has 20 heavy (non-hydrogen) atoms. The number of carbonyl (C=O) groups excluding carboxylic acids is 1. The predicted molar refractivity (Wildman–Crippen MR) is 78.8 cm³/mol. The minimum atomic E-state index is -0.184. The Bertz CT molecular complexity index is 552. The van der Waals surface area contributed by atoms with E-state index in [9.17, 15) is 4.79 Å². The molecule has 0 bridgehead atoms. The van der Waals surface area contributed by atoms with Crippen molar-refractivity contribution in [3.05, 3.63) is 46.5 Å². The molecule has 0 radical (unpaired) electrons. The lowest BCUT2D eigenvalue weighted by Crippen LogP contribution is -2.22. The number of ether oxygens (including phenoxy) is 1. The number of rotatable bonds is 5. The highest BCUT2D eigenvalue weighted by molar-refractivity contribution is 6.30. The van der Waals surface area contributed by atoms with Crippen LogP contribution in [0.5, 0.6) is 5.75 Å². The van der Waals surface area contributed by atoms with Crippen LogP contribution in [0.1, 0.15) is 12.0 Å². The van der Waals surface area contributed by atoms with Gasteiger partial charge in [-0.3, -0.25) is 4.79 Å². The third kappa shape index (κ3) is 4.11. The van der Waals surface area contributed by atoms with Crippen molar-refractivity contribution in [2.24, 2.45) is 0 Å². The lowest BCUT2D eigenvalue weighted by Gasteiger charge is -2.16. The van der Waals surface area contributed by atoms with Crippen molar-refractivity contribution in [1.82, 2.24) is 5.32 Å². The number of carbonyl (C=O) groups is 1. The highest BCUT2D eigenvalue weighted by atomic mass is 35.5. The number of amides is 1. The average molecular weight is 294 g/mol. The third-order valence-corrected chi connectivity index (χ3v) is 3.03. The highest BCUT2D eigenvalue weighted by Crippen LogP contribution is 2.29. The van der Waals surface area contributed by atoms with Gasteiger partial charge < -0.3 is 15.2 Å². The van der Waals surface area contributed by atoms with E-state index in [2.05, 4.69) is 5.32 Å². The van der Waals surface area contributed by atoms with Crippen molar-refractivity contribution in [2.75, 3.05) is 19.8 Å². The van der Waals surface area contributed by atoms with Crippen LogP contribution >= 0.6 is 11.6 Å². The Labute approximate surface area is 122 Å². The molecule has 0 saturated carbocycles. The van der Waals surface area contributed by atoms with E-state index in [-0.39, 0.29) is 12.5 Å². The van der Waals surface area contributed by atoms with Gasteiger partial charge in [-0.25, -0.2) is 0 Å². The molecule has 1 aromatic carbocycles. The molecule has 1 amide bonds. The molecule has 0 spiro atoms. The largest absolute Gasteiger partial charge is 0.488 e. The van der Waals surface area contributed by atoms with Crippen molar-refractivity contribution in [3.63, 3.8) is 0 Å². The molecule has 2 N–H and O–H groups in total. The first-order valence-electron chi connectivity index (χ1n) is 6.39. The summed E-state index contributed by atoms with van der Waals surface area (Å²) in [7, 11) is 0. The van der Waals surface area contributed by atoms with Crippen LogP contribution in [0.3, 0.4) is 0 Å². The van der Waals surface area contributed by atoms with Crippen LogP contribution in [-0.4, -0.2) is 30.8 Å². The first-order valence-corrected chi connectivity index (χ1v) is 6.76. The molecular formula is C15H16ClNO3. The molecule has 4 nitrogen and oxygen atoms in total. The summed E-state index contributed by atoms with van der Waals surface area (Å²) in [4.78, 5) is 11.5. The first-order chi connectivity index (χ1) is 9.69. The monoisotopic (exact) mass is 293 g/mol. The number of aliphatic hydroxyl groups is 1. The Morgan fingerprint density at radius 1 is 1.50 bits per heavy atom. The van der Waals surface area contributed by atoms with Crippen molar-refractivity contribution in [3.8, 4) is 5.75 Å². The van der Waals surface area contributed by atoms with Crippen LogP contribution in [0, 0.1) is 0 Å². The lowest BCUT2D eigenvalue weighted by molar-refractivity contribution is -0.116. The van der Waals surface area contributed by atoms with E-state index >= 15 is 0 Å². The Morgan fingerprint density at radius 3 is 3.15 bits per heavy atom. The maximum Gasteiger partial charge on any atom is 0.243 e. The molecule has 5 heteroatoms. The zero-order valence-electron chi connectivity index (χ0n) is 10.9. The second-order valence-corrected chi connectivity index (χ2v) is 4.83. The van der Waals surface area contributed by atoms with E-state index in [1.807, 2.05) is 18.2 Å². The van der Waals surface area contributed by atoms with Gasteiger partial charge in [0.05, 0.1) is 0 Å². The van der Waals surface area contributed by atoms with E-state index in [0.29, 0.717) is 24.6 Å². The summed E-state index contributed by atoms with van der Waals surface area (Å²) in [5.74, 6) is 0.607. The fraction of sp³-hybridized carbons (Fsp3) is 0.267. The van der Waals surface area contributed by atoms with Crippen LogP contribution in [-0.2, 0) is 4.79 Å². The molecule has 0 saturated heterocycles. The van der Waals surface area contributed by atoms with E-state index in [4.69, 9.17) is 21.4 Å². The van der Waals surface area contributed by atoms with Crippen LogP contribution in [0.25, 0.3) is 6.08 Å². The third-order valence-electron chi connectivity index (χ3n) is 2.79. The fourth-order valence-corrected chi connectivity index (χ4v) is 1.98. The van der Waals surface area contributed by atoms with Gasteiger partial charge in [0.2, 0.25) is 5.91 Å².